The number of hydrogen-bond acceptors (Lipinski definition) is 4. The highest BCUT2D eigenvalue weighted by Gasteiger charge is 2.36. The number of aromatic nitrogens is 1. The molecule has 23 heavy (non-hydrogen) atoms. The van der Waals surface area contributed by atoms with Crippen molar-refractivity contribution in [3.63, 3.8) is 0 Å². The van der Waals surface area contributed by atoms with Gasteiger partial charge in [0.15, 0.2) is 0 Å². The van der Waals surface area contributed by atoms with Gasteiger partial charge in [0, 0.05) is 0 Å². The van der Waals surface area contributed by atoms with Crippen LogP contribution in [0.3, 0.4) is 0 Å². The normalized spacial score (nSPS) is 13.4. The molecule has 0 saturated heterocycles. The van der Waals surface area contributed by atoms with Crippen LogP contribution in [0.2, 0.25) is 0 Å². The molecule has 1 aromatic heterocycles. The SMILES string of the molecule is CCOC(=O)C1=C(SCC)c2ccc(-c3ccccc3)n2C1=O. The van der Waals surface area contributed by atoms with Gasteiger partial charge in [0.2, 0.25) is 0 Å². The summed E-state index contributed by atoms with van der Waals surface area (Å²) in [6, 6.07) is 13.5. The van der Waals surface area contributed by atoms with E-state index in [2.05, 4.69) is 0 Å². The lowest BCUT2D eigenvalue weighted by Crippen LogP contribution is -2.18. The van der Waals surface area contributed by atoms with E-state index < -0.39 is 5.97 Å². The third-order valence-corrected chi connectivity index (χ3v) is 4.59. The second kappa shape index (κ2) is 6.46. The molecule has 0 aliphatic carbocycles. The molecule has 0 atom stereocenters. The quantitative estimate of drug-likeness (QED) is 0.618. The molecular weight excluding hydrogens is 310 g/mol. The van der Waals surface area contributed by atoms with E-state index in [-0.39, 0.29) is 18.1 Å². The van der Waals surface area contributed by atoms with Gasteiger partial charge in [-0.3, -0.25) is 9.36 Å². The van der Waals surface area contributed by atoms with Gasteiger partial charge in [0.1, 0.15) is 5.57 Å². The number of benzene rings is 1. The number of rotatable bonds is 5. The molecule has 0 bridgehead atoms. The Bertz CT molecular complexity index is 790. The average Bonchev–Trinajstić information content (AvgIpc) is 3.09. The van der Waals surface area contributed by atoms with Crippen LogP contribution in [-0.4, -0.2) is 28.8 Å². The van der Waals surface area contributed by atoms with E-state index >= 15 is 0 Å². The van der Waals surface area contributed by atoms with Crippen LogP contribution in [-0.2, 0) is 9.53 Å². The number of nitrogens with zero attached hydrogens (tertiary/aromatic N) is 1. The first-order chi connectivity index (χ1) is 11.2. The second-order valence-corrected chi connectivity index (χ2v) is 6.24. The van der Waals surface area contributed by atoms with Crippen molar-refractivity contribution in [3.05, 3.63) is 53.7 Å². The smallest absolute Gasteiger partial charge is 0.345 e. The zero-order valence-electron chi connectivity index (χ0n) is 13.0. The standard InChI is InChI=1S/C18H17NO3S/c1-3-22-18(21)15-16(23-4-2)14-11-10-13(19(14)17(15)20)12-8-6-5-7-9-12/h5-11H,3-4H2,1-2H3. The minimum atomic E-state index is -0.545. The molecule has 3 rings (SSSR count). The summed E-state index contributed by atoms with van der Waals surface area (Å²) < 4.78 is 6.69. The van der Waals surface area contributed by atoms with E-state index in [9.17, 15) is 9.59 Å². The zero-order valence-corrected chi connectivity index (χ0v) is 13.9. The number of thioether (sulfide) groups is 1. The van der Waals surface area contributed by atoms with Crippen LogP contribution >= 0.6 is 11.8 Å². The maximum absolute atomic E-state index is 12.8. The van der Waals surface area contributed by atoms with Crippen LogP contribution in [0.25, 0.3) is 16.2 Å². The van der Waals surface area contributed by atoms with Crippen LogP contribution in [0.4, 0.5) is 0 Å². The zero-order chi connectivity index (χ0) is 16.4. The first kappa shape index (κ1) is 15.6. The third-order valence-electron chi connectivity index (χ3n) is 3.60. The van der Waals surface area contributed by atoms with Crippen molar-refractivity contribution < 1.29 is 14.3 Å². The minimum absolute atomic E-state index is 0.145. The van der Waals surface area contributed by atoms with E-state index in [1.165, 1.54) is 11.8 Å². The molecule has 1 aliphatic rings. The van der Waals surface area contributed by atoms with Crippen LogP contribution < -0.4 is 0 Å². The molecule has 4 nitrogen and oxygen atoms in total. The number of hydrogen-bond donors (Lipinski definition) is 0. The molecule has 5 heteroatoms. The fourth-order valence-corrected chi connectivity index (χ4v) is 3.59. The summed E-state index contributed by atoms with van der Waals surface area (Å²) in [5.74, 6) is -0.0772. The highest BCUT2D eigenvalue weighted by molar-refractivity contribution is 8.08. The Morgan fingerprint density at radius 1 is 1.09 bits per heavy atom. The van der Waals surface area contributed by atoms with Crippen LogP contribution in [0.1, 0.15) is 24.3 Å². The topological polar surface area (TPSA) is 48.3 Å². The summed E-state index contributed by atoms with van der Waals surface area (Å²) in [7, 11) is 0. The molecule has 1 aromatic carbocycles. The van der Waals surface area contributed by atoms with E-state index in [4.69, 9.17) is 4.74 Å². The Morgan fingerprint density at radius 2 is 1.78 bits per heavy atom. The van der Waals surface area contributed by atoms with E-state index in [1.807, 2.05) is 49.4 Å². The molecular formula is C18H17NO3S. The van der Waals surface area contributed by atoms with Gasteiger partial charge in [-0.1, -0.05) is 37.3 Å². The van der Waals surface area contributed by atoms with Crippen molar-refractivity contribution in [2.45, 2.75) is 13.8 Å². The fraction of sp³-hybridized carbons (Fsp3) is 0.222. The van der Waals surface area contributed by atoms with Crippen molar-refractivity contribution in [3.8, 4) is 11.3 Å². The number of esters is 1. The predicted molar refractivity (Wildman–Crippen MR) is 92.2 cm³/mol. The van der Waals surface area contributed by atoms with E-state index in [0.717, 1.165) is 22.7 Å². The molecule has 2 aromatic rings. The molecule has 1 aliphatic heterocycles. The van der Waals surface area contributed by atoms with Crippen LogP contribution in [0.5, 0.6) is 0 Å². The Hall–Kier alpha value is -2.27. The molecule has 0 N–H and O–H groups in total. The van der Waals surface area contributed by atoms with Crippen LogP contribution in [0.15, 0.2) is 48.0 Å². The molecule has 0 spiro atoms. The predicted octanol–water partition coefficient (Wildman–Crippen LogP) is 3.84. The van der Waals surface area contributed by atoms with Gasteiger partial charge < -0.3 is 4.74 Å². The largest absolute Gasteiger partial charge is 0.462 e. The van der Waals surface area contributed by atoms with Gasteiger partial charge in [-0.05, 0) is 30.4 Å². The summed E-state index contributed by atoms with van der Waals surface area (Å²) >= 11 is 1.49. The van der Waals surface area contributed by atoms with E-state index in [0.29, 0.717) is 4.91 Å². The maximum Gasteiger partial charge on any atom is 0.345 e. The molecule has 0 radical (unpaired) electrons. The molecule has 2 heterocycles. The summed E-state index contributed by atoms with van der Waals surface area (Å²) in [4.78, 5) is 25.8. The van der Waals surface area contributed by atoms with Crippen molar-refractivity contribution in [2.24, 2.45) is 0 Å². The summed E-state index contributed by atoms with van der Waals surface area (Å²) in [5, 5.41) is 0. The minimum Gasteiger partial charge on any atom is -0.462 e. The van der Waals surface area contributed by atoms with Crippen LogP contribution in [0, 0.1) is 0 Å². The molecule has 0 fully saturated rings. The first-order valence-corrected chi connectivity index (χ1v) is 8.54. The van der Waals surface area contributed by atoms with Gasteiger partial charge in [0.05, 0.1) is 22.9 Å². The second-order valence-electron chi connectivity index (χ2n) is 4.97. The lowest BCUT2D eigenvalue weighted by molar-refractivity contribution is -0.137. The first-order valence-electron chi connectivity index (χ1n) is 7.55. The molecule has 0 amide bonds. The number of ether oxygens (including phenoxy) is 1. The summed E-state index contributed by atoms with van der Waals surface area (Å²) in [6.45, 7) is 3.98. The highest BCUT2D eigenvalue weighted by Crippen LogP contribution is 2.40. The Kier molecular flexibility index (Phi) is 4.39. The van der Waals surface area contributed by atoms with Gasteiger partial charge >= 0.3 is 5.97 Å². The monoisotopic (exact) mass is 327 g/mol. The highest BCUT2D eigenvalue weighted by atomic mass is 32.2. The Labute approximate surface area is 139 Å². The maximum atomic E-state index is 12.8. The van der Waals surface area contributed by atoms with Gasteiger partial charge in [-0.25, -0.2) is 4.79 Å². The lowest BCUT2D eigenvalue weighted by Gasteiger charge is -2.06. The van der Waals surface area contributed by atoms with E-state index in [1.54, 1.807) is 11.5 Å². The molecule has 118 valence electrons. The van der Waals surface area contributed by atoms with Gasteiger partial charge in [0.25, 0.3) is 5.91 Å². The average molecular weight is 327 g/mol. The Balaban J connectivity index is 2.11. The lowest BCUT2D eigenvalue weighted by atomic mass is 10.1. The third kappa shape index (κ3) is 2.61. The number of fused-ring (bicyclic) bond motifs is 1. The van der Waals surface area contributed by atoms with Gasteiger partial charge in [-0.15, -0.1) is 11.8 Å². The van der Waals surface area contributed by atoms with Crippen molar-refractivity contribution >= 4 is 28.5 Å². The molecule has 0 unspecified atom stereocenters. The fourth-order valence-electron chi connectivity index (χ4n) is 2.68. The molecule has 0 saturated carbocycles. The number of carbonyl (C=O) groups excluding carboxylic acids is 2. The Morgan fingerprint density at radius 3 is 2.43 bits per heavy atom. The summed E-state index contributed by atoms with van der Waals surface area (Å²) in [5.41, 5.74) is 2.65. The van der Waals surface area contributed by atoms with Crippen molar-refractivity contribution in [2.75, 3.05) is 12.4 Å². The summed E-state index contributed by atoms with van der Waals surface area (Å²) in [6.07, 6.45) is 0. The van der Waals surface area contributed by atoms with Gasteiger partial charge in [-0.2, -0.15) is 0 Å². The number of carbonyl (C=O) groups is 2. The van der Waals surface area contributed by atoms with Crippen molar-refractivity contribution in [1.82, 2.24) is 4.57 Å². The van der Waals surface area contributed by atoms with Crippen molar-refractivity contribution in [1.29, 1.82) is 0 Å².